The highest BCUT2D eigenvalue weighted by atomic mass is 35.5. The van der Waals surface area contributed by atoms with Gasteiger partial charge in [0.25, 0.3) is 0 Å². The van der Waals surface area contributed by atoms with E-state index in [1.165, 1.54) is 34.7 Å². The summed E-state index contributed by atoms with van der Waals surface area (Å²) in [5, 5.41) is 9.13. The number of Topliss-reactive ketones (excluding diaryl/α,β-unsaturated/α-hetero) is 2. The van der Waals surface area contributed by atoms with Gasteiger partial charge in [-0.1, -0.05) is 53.5 Å². The van der Waals surface area contributed by atoms with Crippen molar-refractivity contribution in [2.45, 2.75) is 34.7 Å². The van der Waals surface area contributed by atoms with Crippen LogP contribution in [0, 0.1) is 0 Å². The summed E-state index contributed by atoms with van der Waals surface area (Å²) in [7, 11) is 1.35. The minimum atomic E-state index is -2.17. The number of phenolic OH excluding ortho intramolecular Hbond substituents is 1. The molecule has 2 heterocycles. The number of hydrogen-bond donors (Lipinski definition) is 1. The Bertz CT molecular complexity index is 1810. The minimum absolute atomic E-state index is 0.0276. The summed E-state index contributed by atoms with van der Waals surface area (Å²) >= 11 is 26.7. The average molecular weight is 623 g/mol. The Hall–Kier alpha value is -3.24. The number of aromatic nitrogens is 3. The number of ether oxygens (including phenoxy) is 1. The molecule has 4 atom stereocenters. The number of phenols is 1. The monoisotopic (exact) mass is 621 g/mol. The van der Waals surface area contributed by atoms with Gasteiger partial charge >= 0.3 is 11.4 Å². The van der Waals surface area contributed by atoms with Crippen molar-refractivity contribution < 1.29 is 19.4 Å². The van der Waals surface area contributed by atoms with Crippen LogP contribution in [0.15, 0.2) is 79.8 Å². The van der Waals surface area contributed by atoms with E-state index >= 15 is 0 Å². The van der Waals surface area contributed by atoms with Gasteiger partial charge in [-0.15, -0.1) is 23.2 Å². The largest absolute Gasteiger partial charge is 0.504 e. The molecule has 0 saturated heterocycles. The fraction of sp³-hybridized carbons (Fsp3) is 0.259. The van der Waals surface area contributed by atoms with Crippen LogP contribution in [0.2, 0.25) is 0 Å². The third kappa shape index (κ3) is 3.35. The lowest BCUT2D eigenvalue weighted by Gasteiger charge is -2.54. The summed E-state index contributed by atoms with van der Waals surface area (Å²) in [4.78, 5) is 50.4. The first-order valence-corrected chi connectivity index (χ1v) is 13.6. The number of para-hydroxylation sites is 1. The number of hydrogen-bond acceptors (Lipinski definition) is 6. The van der Waals surface area contributed by atoms with Gasteiger partial charge < -0.3 is 9.84 Å². The lowest BCUT2D eigenvalue weighted by molar-refractivity contribution is -0.128. The van der Waals surface area contributed by atoms with Gasteiger partial charge in [-0.2, -0.15) is 0 Å². The molecular weight excluding hydrogens is 604 g/mol. The number of rotatable bonds is 3. The van der Waals surface area contributed by atoms with Gasteiger partial charge in [-0.05, 0) is 35.4 Å². The fourth-order valence-electron chi connectivity index (χ4n) is 6.02. The second-order valence-corrected chi connectivity index (χ2v) is 11.7. The van der Waals surface area contributed by atoms with E-state index in [1.807, 2.05) is 0 Å². The number of carbonyl (C=O) groups is 2. The van der Waals surface area contributed by atoms with Crippen LogP contribution in [0.3, 0.4) is 0 Å². The van der Waals surface area contributed by atoms with Gasteiger partial charge in [-0.3, -0.25) is 9.59 Å². The Balaban J connectivity index is 1.65. The lowest BCUT2D eigenvalue weighted by atomic mass is 9.59. The summed E-state index contributed by atoms with van der Waals surface area (Å²) in [5.74, 6) is -2.96. The van der Waals surface area contributed by atoms with Crippen LogP contribution in [0.1, 0.15) is 23.9 Å². The van der Waals surface area contributed by atoms with E-state index in [9.17, 15) is 24.3 Å². The number of benzene rings is 2. The van der Waals surface area contributed by atoms with E-state index in [-0.39, 0.29) is 24.5 Å². The van der Waals surface area contributed by atoms with Crippen LogP contribution in [-0.4, -0.2) is 47.5 Å². The minimum Gasteiger partial charge on any atom is -0.504 e. The molecular formula is C27H19Cl4N3O6. The van der Waals surface area contributed by atoms with Crippen LogP contribution in [0.4, 0.5) is 0 Å². The molecule has 2 aromatic carbocycles. The van der Waals surface area contributed by atoms with Crippen molar-refractivity contribution in [1.29, 1.82) is 0 Å². The Morgan fingerprint density at radius 1 is 0.950 bits per heavy atom. The molecule has 9 nitrogen and oxygen atoms in total. The molecule has 4 unspecified atom stereocenters. The Morgan fingerprint density at radius 3 is 2.30 bits per heavy atom. The predicted molar refractivity (Wildman–Crippen MR) is 149 cm³/mol. The molecule has 13 heteroatoms. The first-order valence-electron chi connectivity index (χ1n) is 12.1. The van der Waals surface area contributed by atoms with E-state index in [2.05, 4.69) is 0 Å². The van der Waals surface area contributed by atoms with E-state index in [1.54, 1.807) is 36.4 Å². The molecule has 2 aliphatic carbocycles. The number of nitrogens with zero attached hydrogens (tertiary/aromatic N) is 3. The van der Waals surface area contributed by atoms with Gasteiger partial charge in [0.05, 0.1) is 25.4 Å². The molecule has 3 aromatic rings. The zero-order valence-corrected chi connectivity index (χ0v) is 23.6. The second kappa shape index (κ2) is 9.14. The lowest BCUT2D eigenvalue weighted by Crippen LogP contribution is -2.67. The van der Waals surface area contributed by atoms with Gasteiger partial charge in [0.1, 0.15) is 19.8 Å². The molecule has 6 rings (SSSR count). The van der Waals surface area contributed by atoms with Crippen LogP contribution in [-0.2, 0) is 16.1 Å². The van der Waals surface area contributed by atoms with Gasteiger partial charge in [0.2, 0.25) is 0 Å². The zero-order valence-electron chi connectivity index (χ0n) is 20.6. The third-order valence-corrected chi connectivity index (χ3v) is 10.1. The quantitative estimate of drug-likeness (QED) is 0.349. The number of methoxy groups -OCH3 is 1. The molecule has 0 radical (unpaired) electrons. The third-order valence-electron chi connectivity index (χ3n) is 7.86. The topological polar surface area (TPSA) is 113 Å². The molecule has 0 spiro atoms. The van der Waals surface area contributed by atoms with Gasteiger partial charge in [0.15, 0.2) is 23.1 Å². The first kappa shape index (κ1) is 27.0. The number of carbonyl (C=O) groups excluding carboxylic acids is 2. The Morgan fingerprint density at radius 2 is 1.62 bits per heavy atom. The Labute approximate surface area is 246 Å². The molecule has 1 saturated carbocycles. The smallest absolute Gasteiger partial charge is 0.352 e. The molecule has 0 bridgehead atoms. The summed E-state index contributed by atoms with van der Waals surface area (Å²) < 4.78 is 8.79. The van der Waals surface area contributed by atoms with Crippen molar-refractivity contribution in [3.8, 4) is 17.2 Å². The van der Waals surface area contributed by atoms with Crippen LogP contribution in [0.25, 0.3) is 5.69 Å². The molecule has 1 aliphatic heterocycles. The van der Waals surface area contributed by atoms with E-state index in [0.717, 1.165) is 4.57 Å². The van der Waals surface area contributed by atoms with E-state index in [4.69, 9.17) is 51.1 Å². The number of ketones is 2. The average Bonchev–Trinajstić information content (AvgIpc) is 3.21. The SMILES string of the molecule is COc1cc(C2C3=CCn4c(=O)n(-c5ccccc5)c(=O)n4C3CC3(Cl)C(=O)C(Cl)=C(Cl)C(=O)C23Cl)ccc1O. The van der Waals surface area contributed by atoms with Crippen LogP contribution < -0.4 is 16.1 Å². The van der Waals surface area contributed by atoms with E-state index < -0.39 is 54.7 Å². The van der Waals surface area contributed by atoms with Gasteiger partial charge in [0, 0.05) is 12.3 Å². The summed E-state index contributed by atoms with van der Waals surface area (Å²) in [6.45, 7) is -0.0276. The highest BCUT2D eigenvalue weighted by Gasteiger charge is 2.71. The van der Waals surface area contributed by atoms with Crippen molar-refractivity contribution in [2.75, 3.05) is 7.11 Å². The molecule has 1 fully saturated rings. The van der Waals surface area contributed by atoms with Crippen molar-refractivity contribution in [3.63, 3.8) is 0 Å². The highest BCUT2D eigenvalue weighted by Crippen LogP contribution is 2.63. The standard InChI is InChI=1S/C27H19Cl4N3O6/c1-40-18-11-13(7-8-17(18)35)19-15-9-10-32-24(38)33(14-5-3-2-4-6-14)25(39)34(32)16(15)12-26(30)22(36)20(28)21(29)23(37)27(19,26)31/h2-9,11,16,19,35H,10,12H2,1H3. The maximum Gasteiger partial charge on any atom is 0.352 e. The predicted octanol–water partition coefficient (Wildman–Crippen LogP) is 3.98. The summed E-state index contributed by atoms with van der Waals surface area (Å²) in [5.41, 5.74) is -0.0632. The second-order valence-electron chi connectivity index (χ2n) is 9.75. The maximum absolute atomic E-state index is 13.8. The van der Waals surface area contributed by atoms with Crippen molar-refractivity contribution in [1.82, 2.24) is 13.9 Å². The molecule has 1 N–H and O–H groups in total. The van der Waals surface area contributed by atoms with Crippen molar-refractivity contribution in [3.05, 3.63) is 96.8 Å². The normalized spacial score (nSPS) is 27.6. The highest BCUT2D eigenvalue weighted by molar-refractivity contribution is 6.66. The molecule has 40 heavy (non-hydrogen) atoms. The number of fused-ring (bicyclic) bond motifs is 4. The molecule has 0 amide bonds. The van der Waals surface area contributed by atoms with Crippen LogP contribution >= 0.6 is 46.4 Å². The van der Waals surface area contributed by atoms with Gasteiger partial charge in [-0.25, -0.2) is 23.5 Å². The van der Waals surface area contributed by atoms with Crippen molar-refractivity contribution in [2.24, 2.45) is 0 Å². The Kier molecular flexibility index (Phi) is 6.16. The van der Waals surface area contributed by atoms with E-state index in [0.29, 0.717) is 16.8 Å². The molecule has 3 aliphatic rings. The first-order chi connectivity index (χ1) is 19.0. The fourth-order valence-corrected chi connectivity index (χ4v) is 7.54. The number of aromatic hydroxyl groups is 1. The summed E-state index contributed by atoms with van der Waals surface area (Å²) in [6, 6.07) is 11.8. The molecule has 1 aromatic heterocycles. The van der Waals surface area contributed by atoms with Crippen LogP contribution in [0.5, 0.6) is 11.5 Å². The zero-order chi connectivity index (χ0) is 28.7. The number of allylic oxidation sites excluding steroid dienone is 4. The van der Waals surface area contributed by atoms with Crippen molar-refractivity contribution >= 4 is 58.0 Å². The maximum atomic E-state index is 13.8. The number of alkyl halides is 2. The number of halogens is 4. The summed E-state index contributed by atoms with van der Waals surface area (Å²) in [6.07, 6.45) is 1.36. The molecule has 206 valence electrons.